The van der Waals surface area contributed by atoms with Gasteiger partial charge in [0.25, 0.3) is 5.92 Å². The summed E-state index contributed by atoms with van der Waals surface area (Å²) in [6.45, 7) is 5.24. The van der Waals surface area contributed by atoms with Crippen LogP contribution < -0.4 is 9.46 Å². The molecule has 2 rings (SSSR count). The van der Waals surface area contributed by atoms with E-state index in [1.807, 2.05) is 0 Å². The molecule has 0 heterocycles. The lowest BCUT2D eigenvalue weighted by Gasteiger charge is -2.25. The molecule has 0 bridgehead atoms. The van der Waals surface area contributed by atoms with E-state index in [1.54, 1.807) is 39.0 Å². The summed E-state index contributed by atoms with van der Waals surface area (Å²) < 4.78 is 47.7. The van der Waals surface area contributed by atoms with Crippen molar-refractivity contribution in [3.63, 3.8) is 0 Å². The second-order valence-electron chi connectivity index (χ2n) is 5.90. The van der Waals surface area contributed by atoms with Gasteiger partial charge in [-0.25, -0.2) is 17.7 Å². The summed E-state index contributed by atoms with van der Waals surface area (Å²) in [4.78, 5) is 0. The van der Waals surface area contributed by atoms with E-state index in [9.17, 15) is 13.0 Å². The first kappa shape index (κ1) is 15.4. The van der Waals surface area contributed by atoms with E-state index in [4.69, 9.17) is 4.74 Å². The smallest absolute Gasteiger partial charge is 0.272 e. The van der Waals surface area contributed by atoms with Crippen LogP contribution in [0.4, 0.5) is 8.78 Å². The van der Waals surface area contributed by atoms with Crippen molar-refractivity contribution in [1.82, 2.24) is 4.72 Å². The van der Waals surface area contributed by atoms with Gasteiger partial charge in [-0.3, -0.25) is 0 Å². The lowest BCUT2D eigenvalue weighted by Crippen LogP contribution is -2.41. The van der Waals surface area contributed by atoms with Gasteiger partial charge < -0.3 is 4.74 Å². The summed E-state index contributed by atoms with van der Waals surface area (Å²) in [5.74, 6) is -2.52. The van der Waals surface area contributed by atoms with E-state index in [-0.39, 0.29) is 0 Å². The first-order valence-corrected chi connectivity index (χ1v) is 7.53. The maximum absolute atomic E-state index is 14.2. The summed E-state index contributed by atoms with van der Waals surface area (Å²) in [5, 5.41) is 0. The zero-order chi connectivity index (χ0) is 15.1. The van der Waals surface area contributed by atoms with Crippen LogP contribution in [0.15, 0.2) is 18.2 Å². The summed E-state index contributed by atoms with van der Waals surface area (Å²) in [6, 6.07) is 3.73. The summed E-state index contributed by atoms with van der Waals surface area (Å²) >= 11 is 0. The van der Waals surface area contributed by atoms with Crippen molar-refractivity contribution in [2.45, 2.75) is 43.9 Å². The average molecular weight is 303 g/mol. The number of hydrogen-bond acceptors (Lipinski definition) is 2. The number of alkyl halides is 2. The molecular formula is C14H19F2NO2S. The molecule has 6 heteroatoms. The predicted octanol–water partition coefficient (Wildman–Crippen LogP) is 2.98. The van der Waals surface area contributed by atoms with E-state index >= 15 is 0 Å². The van der Waals surface area contributed by atoms with Crippen LogP contribution in [-0.4, -0.2) is 22.0 Å². The number of fused-ring (bicyclic) bond motifs is 1. The molecule has 1 aromatic carbocycles. The Morgan fingerprint density at radius 1 is 1.40 bits per heavy atom. The van der Waals surface area contributed by atoms with Gasteiger partial charge in [0.15, 0.2) is 0 Å². The third kappa shape index (κ3) is 2.72. The van der Waals surface area contributed by atoms with Crippen LogP contribution in [0.25, 0.3) is 0 Å². The molecule has 1 aliphatic rings. The Bertz CT molecular complexity index is 540. The lowest BCUT2D eigenvalue weighted by molar-refractivity contribution is -0.0186. The van der Waals surface area contributed by atoms with Crippen molar-refractivity contribution in [2.24, 2.45) is 0 Å². The van der Waals surface area contributed by atoms with Crippen LogP contribution >= 0.6 is 0 Å². The maximum atomic E-state index is 14.2. The maximum Gasteiger partial charge on any atom is 0.272 e. The molecule has 0 saturated carbocycles. The van der Waals surface area contributed by atoms with Crippen molar-refractivity contribution in [3.05, 3.63) is 29.3 Å². The highest BCUT2D eigenvalue weighted by atomic mass is 32.2. The van der Waals surface area contributed by atoms with Crippen molar-refractivity contribution >= 4 is 11.0 Å². The van der Waals surface area contributed by atoms with Crippen molar-refractivity contribution < 1.29 is 17.7 Å². The number of nitrogens with one attached hydrogen (secondary N) is 1. The monoisotopic (exact) mass is 303 g/mol. The Kier molecular flexibility index (Phi) is 3.90. The van der Waals surface area contributed by atoms with Gasteiger partial charge >= 0.3 is 0 Å². The number of rotatable bonds is 3. The van der Waals surface area contributed by atoms with Crippen LogP contribution in [0.5, 0.6) is 5.75 Å². The minimum atomic E-state index is -2.97. The topological polar surface area (TPSA) is 38.3 Å². The largest absolute Gasteiger partial charge is 0.496 e. The highest BCUT2D eigenvalue weighted by molar-refractivity contribution is 7.84. The minimum absolute atomic E-state index is 0.397. The molecular weight excluding hydrogens is 284 g/mol. The molecule has 0 spiro atoms. The van der Waals surface area contributed by atoms with Crippen LogP contribution in [0.3, 0.4) is 0 Å². The highest BCUT2D eigenvalue weighted by Crippen LogP contribution is 2.46. The number of halogens is 2. The number of methoxy groups -OCH3 is 1. The molecule has 20 heavy (non-hydrogen) atoms. The highest BCUT2D eigenvalue weighted by Gasteiger charge is 2.50. The van der Waals surface area contributed by atoms with E-state index in [1.165, 1.54) is 7.11 Å². The second-order valence-corrected chi connectivity index (χ2v) is 7.90. The number of hydrogen-bond donors (Lipinski definition) is 1. The Morgan fingerprint density at radius 3 is 2.60 bits per heavy atom. The van der Waals surface area contributed by atoms with Gasteiger partial charge in [0, 0.05) is 12.0 Å². The lowest BCUT2D eigenvalue weighted by atomic mass is 10.1. The Balaban J connectivity index is 2.38. The van der Waals surface area contributed by atoms with Gasteiger partial charge in [0.1, 0.15) is 11.8 Å². The summed E-state index contributed by atoms with van der Waals surface area (Å²) in [5.41, 5.74) is 0.954. The van der Waals surface area contributed by atoms with Crippen molar-refractivity contribution in [1.29, 1.82) is 0 Å². The zero-order valence-electron chi connectivity index (χ0n) is 12.0. The van der Waals surface area contributed by atoms with Gasteiger partial charge in [-0.05, 0) is 32.4 Å². The van der Waals surface area contributed by atoms with Gasteiger partial charge in [-0.1, -0.05) is 12.1 Å². The molecule has 0 radical (unpaired) electrons. The van der Waals surface area contributed by atoms with Crippen LogP contribution in [-0.2, 0) is 17.4 Å². The molecule has 0 fully saturated rings. The second kappa shape index (κ2) is 5.07. The molecule has 1 aliphatic carbocycles. The molecule has 3 nitrogen and oxygen atoms in total. The van der Waals surface area contributed by atoms with Crippen LogP contribution in [0.2, 0.25) is 0 Å². The van der Waals surface area contributed by atoms with Crippen LogP contribution in [0, 0.1) is 0 Å². The van der Waals surface area contributed by atoms with E-state index in [0.717, 1.165) is 0 Å². The molecule has 0 unspecified atom stereocenters. The van der Waals surface area contributed by atoms with E-state index in [0.29, 0.717) is 16.9 Å². The van der Waals surface area contributed by atoms with Gasteiger partial charge in [-0.2, -0.15) is 0 Å². The molecule has 0 aliphatic heterocycles. The van der Waals surface area contributed by atoms with E-state index in [2.05, 4.69) is 4.72 Å². The molecule has 2 atom stereocenters. The van der Waals surface area contributed by atoms with Crippen LogP contribution in [0.1, 0.15) is 37.9 Å². The third-order valence-electron chi connectivity index (χ3n) is 3.32. The predicted molar refractivity (Wildman–Crippen MR) is 75.4 cm³/mol. The first-order chi connectivity index (χ1) is 9.16. The SMILES string of the molecule is COc1cccc2c1CC(F)(F)[C@H]2N[S@](=O)C(C)(C)C. The fourth-order valence-electron chi connectivity index (χ4n) is 2.23. The summed E-state index contributed by atoms with van der Waals surface area (Å²) in [6.07, 6.45) is -0.397. The number of benzene rings is 1. The number of ether oxygens (including phenoxy) is 1. The summed E-state index contributed by atoms with van der Waals surface area (Å²) in [7, 11) is -0.100. The molecule has 1 N–H and O–H groups in total. The van der Waals surface area contributed by atoms with E-state index < -0.39 is 34.1 Å². The van der Waals surface area contributed by atoms with Crippen molar-refractivity contribution in [3.8, 4) is 5.75 Å². The van der Waals surface area contributed by atoms with Crippen molar-refractivity contribution in [2.75, 3.05) is 7.11 Å². The Morgan fingerprint density at radius 2 is 2.05 bits per heavy atom. The fourth-order valence-corrected chi connectivity index (χ4v) is 3.10. The molecule has 0 aromatic heterocycles. The molecule has 0 amide bonds. The third-order valence-corrected chi connectivity index (χ3v) is 4.88. The molecule has 112 valence electrons. The standard InChI is InChI=1S/C14H19F2NO2S/c1-13(2,3)20(18)17-12-9-6-5-7-11(19-4)10(9)8-14(12,15)16/h5-7,12,17H,8H2,1-4H3/t12-,20+/m0/s1. The minimum Gasteiger partial charge on any atom is -0.496 e. The van der Waals surface area contributed by atoms with Gasteiger partial charge in [0.2, 0.25) is 0 Å². The molecule has 0 saturated heterocycles. The first-order valence-electron chi connectivity index (χ1n) is 6.38. The zero-order valence-corrected chi connectivity index (χ0v) is 12.8. The average Bonchev–Trinajstić information content (AvgIpc) is 2.59. The quantitative estimate of drug-likeness (QED) is 0.932. The Hall–Kier alpha value is -1.01. The fraction of sp³-hybridized carbons (Fsp3) is 0.571. The Labute approximate surface area is 120 Å². The van der Waals surface area contributed by atoms with Gasteiger partial charge in [-0.15, -0.1) is 0 Å². The normalized spacial score (nSPS) is 22.4. The van der Waals surface area contributed by atoms with Gasteiger partial charge in [0.05, 0.1) is 22.8 Å². The molecule has 1 aromatic rings.